The molecule has 0 aliphatic carbocycles. The molecule has 0 aromatic heterocycles. The van der Waals surface area contributed by atoms with Gasteiger partial charge in [0.05, 0.1) is 10.6 Å². The van der Waals surface area contributed by atoms with Crippen LogP contribution in [0.25, 0.3) is 0 Å². The predicted molar refractivity (Wildman–Crippen MR) is 89.6 cm³/mol. The van der Waals surface area contributed by atoms with Crippen molar-refractivity contribution >= 4 is 21.4 Å². The van der Waals surface area contributed by atoms with Gasteiger partial charge >= 0.3 is 0 Å². The lowest BCUT2D eigenvalue weighted by molar-refractivity contribution is 0.102. The Morgan fingerprint density at radius 1 is 1.25 bits per heavy atom. The summed E-state index contributed by atoms with van der Waals surface area (Å²) in [5.41, 5.74) is 0.0834. The molecule has 0 unspecified atom stereocenters. The molecule has 126 valence electrons. The van der Waals surface area contributed by atoms with Crippen molar-refractivity contribution in [3.8, 4) is 5.75 Å². The highest BCUT2D eigenvalue weighted by molar-refractivity contribution is 7.90. The molecule has 0 heterocycles. The summed E-state index contributed by atoms with van der Waals surface area (Å²) >= 11 is 0. The number of sulfone groups is 1. The molecule has 2 aromatic carbocycles. The van der Waals surface area contributed by atoms with Gasteiger partial charge in [-0.15, -0.1) is 0 Å². The summed E-state index contributed by atoms with van der Waals surface area (Å²) in [5.74, 6) is -0.715. The molecule has 0 atom stereocenters. The fourth-order valence-electron chi connectivity index (χ4n) is 1.88. The smallest absolute Gasteiger partial charge is 0.255 e. The second-order valence-electron chi connectivity index (χ2n) is 4.99. The minimum Gasteiger partial charge on any atom is -0.490 e. The van der Waals surface area contributed by atoms with Crippen LogP contribution in [-0.2, 0) is 9.84 Å². The molecule has 2 aromatic rings. The Bertz CT molecular complexity index is 861. The quantitative estimate of drug-likeness (QED) is 0.643. The fraction of sp³-hybridized carbons (Fsp3) is 0.118. The zero-order valence-corrected chi connectivity index (χ0v) is 13.8. The fourth-order valence-corrected chi connectivity index (χ4v) is 2.53. The van der Waals surface area contributed by atoms with Crippen LogP contribution < -0.4 is 10.1 Å². The normalized spacial score (nSPS) is 10.9. The van der Waals surface area contributed by atoms with Gasteiger partial charge in [0.1, 0.15) is 18.2 Å². The molecule has 0 bridgehead atoms. The number of amides is 1. The van der Waals surface area contributed by atoms with E-state index in [2.05, 4.69) is 11.9 Å². The van der Waals surface area contributed by atoms with Crippen LogP contribution in [0.5, 0.6) is 5.75 Å². The summed E-state index contributed by atoms with van der Waals surface area (Å²) in [5, 5.41) is 2.37. The summed E-state index contributed by atoms with van der Waals surface area (Å²) in [4.78, 5) is 12.1. The molecule has 7 heteroatoms. The Hall–Kier alpha value is -2.67. The lowest BCUT2D eigenvalue weighted by Crippen LogP contribution is -2.13. The van der Waals surface area contributed by atoms with Gasteiger partial charge in [0.25, 0.3) is 5.91 Å². The van der Waals surface area contributed by atoms with Gasteiger partial charge in [-0.2, -0.15) is 0 Å². The third-order valence-electron chi connectivity index (χ3n) is 3.10. The number of halogens is 1. The lowest BCUT2D eigenvalue weighted by Gasteiger charge is -2.09. The first-order valence-corrected chi connectivity index (χ1v) is 8.85. The molecule has 1 amide bonds. The maximum Gasteiger partial charge on any atom is 0.255 e. The number of anilines is 1. The number of benzene rings is 2. The van der Waals surface area contributed by atoms with Crippen LogP contribution in [0.15, 0.2) is 60.0 Å². The van der Waals surface area contributed by atoms with Crippen LogP contribution in [0.4, 0.5) is 10.1 Å². The van der Waals surface area contributed by atoms with E-state index in [1.165, 1.54) is 12.1 Å². The topological polar surface area (TPSA) is 72.5 Å². The minimum atomic E-state index is -3.50. The molecule has 0 aliphatic rings. The average molecular weight is 349 g/mol. The summed E-state index contributed by atoms with van der Waals surface area (Å²) in [7, 11) is -3.50. The maximum atomic E-state index is 13.8. The zero-order chi connectivity index (χ0) is 17.7. The Morgan fingerprint density at radius 3 is 2.50 bits per heavy atom. The van der Waals surface area contributed by atoms with Gasteiger partial charge < -0.3 is 10.1 Å². The molecule has 5 nitrogen and oxygen atoms in total. The first-order chi connectivity index (χ1) is 11.3. The van der Waals surface area contributed by atoms with E-state index in [1.807, 2.05) is 0 Å². The summed E-state index contributed by atoms with van der Waals surface area (Å²) in [6.45, 7) is 3.88. The molecule has 0 fully saturated rings. The molecule has 0 radical (unpaired) electrons. The van der Waals surface area contributed by atoms with Crippen molar-refractivity contribution in [2.45, 2.75) is 4.90 Å². The minimum absolute atomic E-state index is 0.0765. The Labute approximate surface area is 139 Å². The Kier molecular flexibility index (Phi) is 5.35. The van der Waals surface area contributed by atoms with E-state index in [4.69, 9.17) is 4.74 Å². The van der Waals surface area contributed by atoms with Crippen molar-refractivity contribution in [1.82, 2.24) is 0 Å². The van der Waals surface area contributed by atoms with Gasteiger partial charge in [0, 0.05) is 11.8 Å². The first-order valence-electron chi connectivity index (χ1n) is 6.96. The van der Waals surface area contributed by atoms with Crippen LogP contribution in [0.2, 0.25) is 0 Å². The Morgan fingerprint density at radius 2 is 1.92 bits per heavy atom. The van der Waals surface area contributed by atoms with Gasteiger partial charge in [-0.3, -0.25) is 4.79 Å². The van der Waals surface area contributed by atoms with E-state index in [0.717, 1.165) is 24.5 Å². The highest BCUT2D eigenvalue weighted by atomic mass is 32.2. The molecular weight excluding hydrogens is 333 g/mol. The molecule has 24 heavy (non-hydrogen) atoms. The van der Waals surface area contributed by atoms with Crippen LogP contribution >= 0.6 is 0 Å². The van der Waals surface area contributed by atoms with E-state index >= 15 is 0 Å². The number of carbonyl (C=O) groups is 1. The van der Waals surface area contributed by atoms with E-state index in [9.17, 15) is 17.6 Å². The second kappa shape index (κ2) is 7.27. The van der Waals surface area contributed by atoms with Gasteiger partial charge in [-0.1, -0.05) is 12.7 Å². The average Bonchev–Trinajstić information content (AvgIpc) is 2.54. The SMILES string of the molecule is C=CCOc1ccc(C(=O)Nc2cc(S(C)(=O)=O)ccc2F)cc1. The standard InChI is InChI=1S/C17H16FNO4S/c1-3-10-23-13-6-4-12(5-7-13)17(20)19-16-11-14(24(2,21)22)8-9-15(16)18/h3-9,11H,1,10H2,2H3,(H,19,20). The predicted octanol–water partition coefficient (Wildman–Crippen LogP) is 3.05. The van der Waals surface area contributed by atoms with Gasteiger partial charge in [-0.05, 0) is 42.5 Å². The summed E-state index contributed by atoms with van der Waals surface area (Å²) in [6.07, 6.45) is 2.60. The van der Waals surface area contributed by atoms with Crippen LogP contribution in [0.1, 0.15) is 10.4 Å². The van der Waals surface area contributed by atoms with E-state index in [0.29, 0.717) is 12.4 Å². The van der Waals surface area contributed by atoms with Crippen molar-refractivity contribution < 1.29 is 22.3 Å². The van der Waals surface area contributed by atoms with Crippen molar-refractivity contribution in [3.05, 3.63) is 66.5 Å². The second-order valence-corrected chi connectivity index (χ2v) is 7.01. The van der Waals surface area contributed by atoms with Crippen molar-refractivity contribution in [1.29, 1.82) is 0 Å². The first kappa shape index (κ1) is 17.7. The highest BCUT2D eigenvalue weighted by Crippen LogP contribution is 2.21. The summed E-state index contributed by atoms with van der Waals surface area (Å²) in [6, 6.07) is 9.47. The third-order valence-corrected chi connectivity index (χ3v) is 4.21. The number of hydrogen-bond donors (Lipinski definition) is 1. The van der Waals surface area contributed by atoms with Gasteiger partial charge in [0.15, 0.2) is 9.84 Å². The largest absolute Gasteiger partial charge is 0.490 e. The maximum absolute atomic E-state index is 13.8. The van der Waals surface area contributed by atoms with E-state index in [-0.39, 0.29) is 16.1 Å². The highest BCUT2D eigenvalue weighted by Gasteiger charge is 2.14. The van der Waals surface area contributed by atoms with Gasteiger partial charge in [-0.25, -0.2) is 12.8 Å². The molecule has 0 aliphatic heterocycles. The number of rotatable bonds is 6. The van der Waals surface area contributed by atoms with E-state index < -0.39 is 21.6 Å². The molecule has 2 rings (SSSR count). The number of ether oxygens (including phenoxy) is 1. The van der Waals surface area contributed by atoms with Crippen molar-refractivity contribution in [3.63, 3.8) is 0 Å². The van der Waals surface area contributed by atoms with Crippen LogP contribution in [-0.4, -0.2) is 27.2 Å². The number of hydrogen-bond acceptors (Lipinski definition) is 4. The number of carbonyl (C=O) groups excluding carboxylic acids is 1. The molecular formula is C17H16FNO4S. The zero-order valence-electron chi connectivity index (χ0n) is 13.0. The monoisotopic (exact) mass is 349 g/mol. The number of nitrogens with one attached hydrogen (secondary N) is 1. The lowest BCUT2D eigenvalue weighted by atomic mass is 10.2. The van der Waals surface area contributed by atoms with Gasteiger partial charge in [0.2, 0.25) is 0 Å². The Balaban J connectivity index is 2.19. The van der Waals surface area contributed by atoms with Crippen molar-refractivity contribution in [2.75, 3.05) is 18.2 Å². The van der Waals surface area contributed by atoms with E-state index in [1.54, 1.807) is 18.2 Å². The van der Waals surface area contributed by atoms with Crippen LogP contribution in [0, 0.1) is 5.82 Å². The molecule has 0 saturated heterocycles. The van der Waals surface area contributed by atoms with Crippen LogP contribution in [0.3, 0.4) is 0 Å². The molecule has 0 saturated carbocycles. The molecule has 1 N–H and O–H groups in total. The molecule has 0 spiro atoms. The summed E-state index contributed by atoms with van der Waals surface area (Å²) < 4.78 is 42.1. The third kappa shape index (κ3) is 4.42. The van der Waals surface area contributed by atoms with Crippen molar-refractivity contribution in [2.24, 2.45) is 0 Å².